The Kier molecular flexibility index (Phi) is 5.94. The molecule has 4 nitrogen and oxygen atoms in total. The van der Waals surface area contributed by atoms with Crippen LogP contribution in [0.3, 0.4) is 0 Å². The summed E-state index contributed by atoms with van der Waals surface area (Å²) in [4.78, 5) is 14.5. The standard InChI is InChI=1S/C22H27NO3/c1-16-19(8-5-9-20(16)24)22(26)23-14-12-18(13-15-23)21(25)11-10-17-6-3-2-4-7-17/h2-9,18,21,24-25H,10-15H2,1H3/t21-/m0/s1. The van der Waals surface area contributed by atoms with E-state index in [4.69, 9.17) is 0 Å². The van der Waals surface area contributed by atoms with Crippen LogP contribution in [-0.4, -0.2) is 40.2 Å². The number of aliphatic hydroxyl groups excluding tert-OH is 1. The molecule has 2 aromatic carbocycles. The maximum atomic E-state index is 12.7. The fourth-order valence-electron chi connectivity index (χ4n) is 3.71. The zero-order valence-electron chi connectivity index (χ0n) is 15.3. The van der Waals surface area contributed by atoms with Crippen molar-refractivity contribution >= 4 is 5.91 Å². The van der Waals surface area contributed by atoms with Gasteiger partial charge in [0.15, 0.2) is 0 Å². The number of hydrogen-bond acceptors (Lipinski definition) is 3. The van der Waals surface area contributed by atoms with E-state index in [1.54, 1.807) is 25.1 Å². The number of piperidine rings is 1. The van der Waals surface area contributed by atoms with E-state index in [2.05, 4.69) is 12.1 Å². The Morgan fingerprint density at radius 1 is 1.12 bits per heavy atom. The lowest BCUT2D eigenvalue weighted by Gasteiger charge is -2.34. The van der Waals surface area contributed by atoms with Gasteiger partial charge in [0.2, 0.25) is 0 Å². The van der Waals surface area contributed by atoms with Crippen molar-refractivity contribution in [2.75, 3.05) is 13.1 Å². The molecule has 1 aliphatic rings. The SMILES string of the molecule is Cc1c(O)cccc1C(=O)N1CCC([C@@H](O)CCc2ccccc2)CC1. The Labute approximate surface area is 155 Å². The van der Waals surface area contributed by atoms with Crippen LogP contribution in [0.1, 0.15) is 40.7 Å². The van der Waals surface area contributed by atoms with Crippen LogP contribution in [0.4, 0.5) is 0 Å². The number of aliphatic hydroxyl groups is 1. The monoisotopic (exact) mass is 353 g/mol. The van der Waals surface area contributed by atoms with Gasteiger partial charge in [0.05, 0.1) is 6.10 Å². The van der Waals surface area contributed by atoms with E-state index in [0.29, 0.717) is 24.2 Å². The van der Waals surface area contributed by atoms with Crippen molar-refractivity contribution < 1.29 is 15.0 Å². The lowest BCUT2D eigenvalue weighted by molar-refractivity contribution is 0.0436. The van der Waals surface area contributed by atoms with E-state index in [1.807, 2.05) is 23.1 Å². The summed E-state index contributed by atoms with van der Waals surface area (Å²) in [6.45, 7) is 3.07. The van der Waals surface area contributed by atoms with Gasteiger partial charge in [-0.15, -0.1) is 0 Å². The highest BCUT2D eigenvalue weighted by Gasteiger charge is 2.28. The number of likely N-dealkylation sites (tertiary alicyclic amines) is 1. The number of aromatic hydroxyl groups is 1. The fourth-order valence-corrected chi connectivity index (χ4v) is 3.71. The molecule has 1 aliphatic heterocycles. The minimum atomic E-state index is -0.324. The number of phenols is 1. The Morgan fingerprint density at radius 2 is 1.81 bits per heavy atom. The van der Waals surface area contributed by atoms with E-state index in [9.17, 15) is 15.0 Å². The molecule has 0 aromatic heterocycles. The summed E-state index contributed by atoms with van der Waals surface area (Å²) in [6, 6.07) is 15.3. The normalized spacial score (nSPS) is 16.5. The van der Waals surface area contributed by atoms with Crippen LogP contribution >= 0.6 is 0 Å². The zero-order valence-corrected chi connectivity index (χ0v) is 15.3. The van der Waals surface area contributed by atoms with Crippen LogP contribution in [0.15, 0.2) is 48.5 Å². The topological polar surface area (TPSA) is 60.8 Å². The van der Waals surface area contributed by atoms with Crippen molar-refractivity contribution in [1.29, 1.82) is 0 Å². The second-order valence-electron chi connectivity index (χ2n) is 7.17. The van der Waals surface area contributed by atoms with Crippen LogP contribution in [0.25, 0.3) is 0 Å². The number of benzene rings is 2. The number of aryl methyl sites for hydroxylation is 1. The molecule has 0 saturated carbocycles. The van der Waals surface area contributed by atoms with Gasteiger partial charge in [0, 0.05) is 24.2 Å². The third-order valence-electron chi connectivity index (χ3n) is 5.48. The first-order chi connectivity index (χ1) is 12.6. The van der Waals surface area contributed by atoms with Crippen molar-refractivity contribution in [2.45, 2.75) is 38.7 Å². The summed E-state index contributed by atoms with van der Waals surface area (Å²) in [5.41, 5.74) is 2.44. The predicted octanol–water partition coefficient (Wildman–Crippen LogP) is 3.55. The molecule has 1 amide bonds. The first-order valence-electron chi connectivity index (χ1n) is 9.36. The largest absolute Gasteiger partial charge is 0.508 e. The van der Waals surface area contributed by atoms with Crippen molar-refractivity contribution in [3.63, 3.8) is 0 Å². The lowest BCUT2D eigenvalue weighted by Crippen LogP contribution is -2.41. The molecule has 0 bridgehead atoms. The van der Waals surface area contributed by atoms with Gasteiger partial charge < -0.3 is 15.1 Å². The van der Waals surface area contributed by atoms with Gasteiger partial charge in [-0.25, -0.2) is 0 Å². The summed E-state index contributed by atoms with van der Waals surface area (Å²) in [5, 5.41) is 20.3. The zero-order chi connectivity index (χ0) is 18.5. The van der Waals surface area contributed by atoms with Gasteiger partial charge in [0.25, 0.3) is 5.91 Å². The molecule has 3 rings (SSSR count). The number of hydrogen-bond donors (Lipinski definition) is 2. The van der Waals surface area contributed by atoms with Crippen LogP contribution < -0.4 is 0 Å². The van der Waals surface area contributed by atoms with E-state index >= 15 is 0 Å². The summed E-state index contributed by atoms with van der Waals surface area (Å²) in [6.07, 6.45) is 2.95. The first kappa shape index (κ1) is 18.5. The minimum Gasteiger partial charge on any atom is -0.508 e. The smallest absolute Gasteiger partial charge is 0.254 e. The third kappa shape index (κ3) is 4.25. The van der Waals surface area contributed by atoms with Crippen molar-refractivity contribution in [1.82, 2.24) is 4.90 Å². The molecule has 0 unspecified atom stereocenters. The summed E-state index contributed by atoms with van der Waals surface area (Å²) >= 11 is 0. The van der Waals surface area contributed by atoms with Crippen LogP contribution in [0.5, 0.6) is 5.75 Å². The predicted molar refractivity (Wildman–Crippen MR) is 102 cm³/mol. The second-order valence-corrected chi connectivity index (χ2v) is 7.17. The Balaban J connectivity index is 1.52. The van der Waals surface area contributed by atoms with Gasteiger partial charge in [0.1, 0.15) is 5.75 Å². The van der Waals surface area contributed by atoms with E-state index < -0.39 is 0 Å². The quantitative estimate of drug-likeness (QED) is 0.864. The molecule has 0 aliphatic carbocycles. The van der Waals surface area contributed by atoms with E-state index in [-0.39, 0.29) is 23.7 Å². The van der Waals surface area contributed by atoms with Crippen LogP contribution in [0, 0.1) is 12.8 Å². The second kappa shape index (κ2) is 8.37. The molecule has 1 fully saturated rings. The van der Waals surface area contributed by atoms with Gasteiger partial charge in [-0.2, -0.15) is 0 Å². The van der Waals surface area contributed by atoms with Crippen LogP contribution in [0.2, 0.25) is 0 Å². The van der Waals surface area contributed by atoms with Crippen LogP contribution in [-0.2, 0) is 6.42 Å². The third-order valence-corrected chi connectivity index (χ3v) is 5.48. The number of amides is 1. The Morgan fingerprint density at radius 3 is 2.50 bits per heavy atom. The lowest BCUT2D eigenvalue weighted by atomic mass is 9.88. The molecule has 0 radical (unpaired) electrons. The first-order valence-corrected chi connectivity index (χ1v) is 9.36. The molecule has 1 heterocycles. The highest BCUT2D eigenvalue weighted by Crippen LogP contribution is 2.26. The van der Waals surface area contributed by atoms with Gasteiger partial charge >= 0.3 is 0 Å². The van der Waals surface area contributed by atoms with E-state index in [1.165, 1.54) is 5.56 Å². The number of phenolic OH excluding ortho intramolecular Hbond substituents is 1. The highest BCUT2D eigenvalue weighted by molar-refractivity contribution is 5.96. The van der Waals surface area contributed by atoms with Crippen molar-refractivity contribution in [2.24, 2.45) is 5.92 Å². The number of carbonyl (C=O) groups is 1. The van der Waals surface area contributed by atoms with Gasteiger partial charge in [-0.3, -0.25) is 4.79 Å². The summed E-state index contributed by atoms with van der Waals surface area (Å²) < 4.78 is 0. The maximum absolute atomic E-state index is 12.7. The molecular weight excluding hydrogens is 326 g/mol. The summed E-state index contributed by atoms with van der Waals surface area (Å²) in [5.74, 6) is 0.366. The van der Waals surface area contributed by atoms with E-state index in [0.717, 1.165) is 25.7 Å². The molecular formula is C22H27NO3. The number of carbonyl (C=O) groups excluding carboxylic acids is 1. The number of nitrogens with zero attached hydrogens (tertiary/aromatic N) is 1. The molecule has 0 spiro atoms. The highest BCUT2D eigenvalue weighted by atomic mass is 16.3. The minimum absolute atomic E-state index is 0.0318. The Bertz CT molecular complexity index is 736. The molecule has 138 valence electrons. The van der Waals surface area contributed by atoms with Crippen molar-refractivity contribution in [3.8, 4) is 5.75 Å². The fraction of sp³-hybridized carbons (Fsp3) is 0.409. The van der Waals surface area contributed by atoms with Gasteiger partial charge in [-0.05, 0) is 56.2 Å². The maximum Gasteiger partial charge on any atom is 0.254 e. The molecule has 26 heavy (non-hydrogen) atoms. The molecule has 1 atom stereocenters. The average Bonchev–Trinajstić information content (AvgIpc) is 2.68. The molecule has 1 saturated heterocycles. The Hall–Kier alpha value is -2.33. The average molecular weight is 353 g/mol. The van der Waals surface area contributed by atoms with Crippen molar-refractivity contribution in [3.05, 3.63) is 65.2 Å². The molecule has 4 heteroatoms. The molecule has 2 N–H and O–H groups in total. The van der Waals surface area contributed by atoms with Gasteiger partial charge in [-0.1, -0.05) is 36.4 Å². The number of rotatable bonds is 5. The summed E-state index contributed by atoms with van der Waals surface area (Å²) in [7, 11) is 0. The molecule has 2 aromatic rings.